The number of nitrogens with zero attached hydrogens (tertiary/aromatic N) is 4. The Kier molecular flexibility index (Phi) is 5.04. The van der Waals surface area contributed by atoms with Gasteiger partial charge in [-0.15, -0.1) is 0 Å². The molecule has 0 aromatic carbocycles. The molecule has 3 rings (SSSR count). The largest absolute Gasteiger partial charge is 0.472 e. The molecule has 3 heterocycles. The second-order valence-corrected chi connectivity index (χ2v) is 6.62. The SMILES string of the molecule is CCN1CCC[C@@H](CN(C)C(=O)c2ccoc2)[C@@H]1c1cnn(C)c1. The van der Waals surface area contributed by atoms with Gasteiger partial charge in [-0.1, -0.05) is 6.92 Å². The lowest BCUT2D eigenvalue weighted by molar-refractivity contribution is 0.0588. The van der Waals surface area contributed by atoms with Crippen LogP contribution in [0.1, 0.15) is 41.7 Å². The molecule has 6 nitrogen and oxygen atoms in total. The molecule has 1 fully saturated rings. The fourth-order valence-electron chi connectivity index (χ4n) is 3.81. The Bertz CT molecular complexity index is 664. The average Bonchev–Trinajstić information content (AvgIpc) is 3.25. The molecule has 0 spiro atoms. The fraction of sp³-hybridized carbons (Fsp3) is 0.556. The number of furan rings is 1. The number of amides is 1. The van der Waals surface area contributed by atoms with Gasteiger partial charge in [-0.2, -0.15) is 5.10 Å². The summed E-state index contributed by atoms with van der Waals surface area (Å²) in [5.41, 5.74) is 1.85. The van der Waals surface area contributed by atoms with E-state index in [1.54, 1.807) is 12.3 Å². The van der Waals surface area contributed by atoms with Crippen LogP contribution >= 0.6 is 0 Å². The lowest BCUT2D eigenvalue weighted by Gasteiger charge is -2.42. The van der Waals surface area contributed by atoms with E-state index in [2.05, 4.69) is 23.1 Å². The predicted molar refractivity (Wildman–Crippen MR) is 91.6 cm³/mol. The van der Waals surface area contributed by atoms with Crippen LogP contribution in [0.25, 0.3) is 0 Å². The Morgan fingerprint density at radius 1 is 1.50 bits per heavy atom. The second kappa shape index (κ2) is 7.21. The molecule has 2 atom stereocenters. The molecule has 0 saturated carbocycles. The van der Waals surface area contributed by atoms with Crippen LogP contribution in [-0.4, -0.2) is 52.2 Å². The Morgan fingerprint density at radius 3 is 2.96 bits per heavy atom. The van der Waals surface area contributed by atoms with E-state index in [1.807, 2.05) is 29.9 Å². The molecule has 1 aliphatic rings. The third-order valence-electron chi connectivity index (χ3n) is 4.96. The monoisotopic (exact) mass is 330 g/mol. The molecule has 1 amide bonds. The van der Waals surface area contributed by atoms with Crippen LogP contribution in [-0.2, 0) is 7.05 Å². The number of aromatic nitrogens is 2. The molecular weight excluding hydrogens is 304 g/mol. The minimum Gasteiger partial charge on any atom is -0.472 e. The third-order valence-corrected chi connectivity index (χ3v) is 4.96. The Hall–Kier alpha value is -2.08. The van der Waals surface area contributed by atoms with Crippen LogP contribution in [0.4, 0.5) is 0 Å². The quantitative estimate of drug-likeness (QED) is 0.845. The first-order valence-corrected chi connectivity index (χ1v) is 8.60. The van der Waals surface area contributed by atoms with E-state index in [4.69, 9.17) is 4.42 Å². The topological polar surface area (TPSA) is 54.5 Å². The molecule has 24 heavy (non-hydrogen) atoms. The number of hydrogen-bond donors (Lipinski definition) is 0. The van der Waals surface area contributed by atoms with Gasteiger partial charge in [-0.3, -0.25) is 14.4 Å². The first-order chi connectivity index (χ1) is 11.6. The normalized spacial score (nSPS) is 21.8. The van der Waals surface area contributed by atoms with Gasteiger partial charge in [-0.25, -0.2) is 0 Å². The minimum atomic E-state index is 0.0160. The van der Waals surface area contributed by atoms with Gasteiger partial charge in [0.05, 0.1) is 18.0 Å². The van der Waals surface area contributed by atoms with Crippen molar-refractivity contribution in [2.45, 2.75) is 25.8 Å². The fourth-order valence-corrected chi connectivity index (χ4v) is 3.81. The van der Waals surface area contributed by atoms with E-state index in [-0.39, 0.29) is 5.91 Å². The molecule has 6 heteroatoms. The summed E-state index contributed by atoms with van der Waals surface area (Å²) in [6, 6.07) is 2.04. The van der Waals surface area contributed by atoms with Gasteiger partial charge in [0.15, 0.2) is 0 Å². The van der Waals surface area contributed by atoms with Crippen molar-refractivity contribution in [3.05, 3.63) is 42.1 Å². The molecule has 0 unspecified atom stereocenters. The molecular formula is C18H26N4O2. The standard InChI is InChI=1S/C18H26N4O2/c1-4-22-8-5-6-14(17(22)16-10-19-21(3)12-16)11-20(2)18(23)15-7-9-24-13-15/h7,9-10,12-14,17H,4-6,8,11H2,1-3H3/t14-,17+/m0/s1. The van der Waals surface area contributed by atoms with Crippen LogP contribution in [0.15, 0.2) is 35.4 Å². The highest BCUT2D eigenvalue weighted by Gasteiger charge is 2.34. The van der Waals surface area contributed by atoms with E-state index >= 15 is 0 Å². The maximum atomic E-state index is 12.5. The van der Waals surface area contributed by atoms with Gasteiger partial charge in [0, 0.05) is 38.4 Å². The van der Waals surface area contributed by atoms with E-state index < -0.39 is 0 Å². The van der Waals surface area contributed by atoms with Crippen molar-refractivity contribution < 1.29 is 9.21 Å². The van der Waals surface area contributed by atoms with Gasteiger partial charge >= 0.3 is 0 Å². The van der Waals surface area contributed by atoms with Crippen molar-refractivity contribution in [1.82, 2.24) is 19.6 Å². The summed E-state index contributed by atoms with van der Waals surface area (Å²) in [6.45, 7) is 5.05. The Balaban J connectivity index is 1.77. The number of rotatable bonds is 5. The minimum absolute atomic E-state index is 0.0160. The molecule has 2 aromatic rings. The lowest BCUT2D eigenvalue weighted by atomic mass is 9.85. The van der Waals surface area contributed by atoms with Crippen LogP contribution < -0.4 is 0 Å². The van der Waals surface area contributed by atoms with Crippen LogP contribution in [0, 0.1) is 5.92 Å². The van der Waals surface area contributed by atoms with E-state index in [0.717, 1.165) is 26.1 Å². The molecule has 0 N–H and O–H groups in total. The van der Waals surface area contributed by atoms with Crippen LogP contribution in [0.5, 0.6) is 0 Å². The zero-order chi connectivity index (χ0) is 17.1. The van der Waals surface area contributed by atoms with E-state index in [0.29, 0.717) is 17.5 Å². The average molecular weight is 330 g/mol. The zero-order valence-corrected chi connectivity index (χ0v) is 14.7. The summed E-state index contributed by atoms with van der Waals surface area (Å²) in [5, 5.41) is 4.35. The van der Waals surface area contributed by atoms with Crippen molar-refractivity contribution in [2.75, 3.05) is 26.7 Å². The number of likely N-dealkylation sites (tertiary alicyclic amines) is 1. The van der Waals surface area contributed by atoms with Crippen molar-refractivity contribution in [1.29, 1.82) is 0 Å². The summed E-state index contributed by atoms with van der Waals surface area (Å²) >= 11 is 0. The Morgan fingerprint density at radius 2 is 2.33 bits per heavy atom. The van der Waals surface area contributed by atoms with Crippen LogP contribution in [0.2, 0.25) is 0 Å². The third kappa shape index (κ3) is 3.38. The molecule has 2 aromatic heterocycles. The summed E-state index contributed by atoms with van der Waals surface area (Å²) < 4.78 is 6.89. The second-order valence-electron chi connectivity index (χ2n) is 6.62. The summed E-state index contributed by atoms with van der Waals surface area (Å²) in [6.07, 6.45) is 9.41. The zero-order valence-electron chi connectivity index (χ0n) is 14.7. The molecule has 0 aliphatic carbocycles. The smallest absolute Gasteiger partial charge is 0.256 e. The maximum Gasteiger partial charge on any atom is 0.256 e. The lowest BCUT2D eigenvalue weighted by Crippen LogP contribution is -2.43. The van der Waals surface area contributed by atoms with Gasteiger partial charge in [0.1, 0.15) is 6.26 Å². The number of aryl methyl sites for hydroxylation is 1. The van der Waals surface area contributed by atoms with Crippen molar-refractivity contribution in [3.63, 3.8) is 0 Å². The highest BCUT2D eigenvalue weighted by atomic mass is 16.3. The summed E-state index contributed by atoms with van der Waals surface area (Å²) in [5.74, 6) is 0.422. The molecule has 130 valence electrons. The van der Waals surface area contributed by atoms with Gasteiger partial charge < -0.3 is 9.32 Å². The van der Waals surface area contributed by atoms with Crippen molar-refractivity contribution in [3.8, 4) is 0 Å². The van der Waals surface area contributed by atoms with E-state index in [9.17, 15) is 4.79 Å². The molecule has 1 aliphatic heterocycles. The predicted octanol–water partition coefficient (Wildman–Crippen LogP) is 2.56. The van der Waals surface area contributed by atoms with E-state index in [1.165, 1.54) is 18.2 Å². The van der Waals surface area contributed by atoms with Gasteiger partial charge in [0.25, 0.3) is 5.91 Å². The highest BCUT2D eigenvalue weighted by molar-refractivity contribution is 5.93. The van der Waals surface area contributed by atoms with Crippen molar-refractivity contribution >= 4 is 5.91 Å². The first kappa shape index (κ1) is 16.8. The number of hydrogen-bond acceptors (Lipinski definition) is 4. The highest BCUT2D eigenvalue weighted by Crippen LogP contribution is 2.36. The maximum absolute atomic E-state index is 12.5. The van der Waals surface area contributed by atoms with Crippen molar-refractivity contribution in [2.24, 2.45) is 13.0 Å². The first-order valence-electron chi connectivity index (χ1n) is 8.60. The molecule has 0 radical (unpaired) electrons. The number of carbonyl (C=O) groups excluding carboxylic acids is 1. The summed E-state index contributed by atoms with van der Waals surface area (Å²) in [4.78, 5) is 16.8. The van der Waals surface area contributed by atoms with Gasteiger partial charge in [-0.05, 0) is 37.9 Å². The number of piperidine rings is 1. The van der Waals surface area contributed by atoms with Gasteiger partial charge in [0.2, 0.25) is 0 Å². The van der Waals surface area contributed by atoms with Crippen LogP contribution in [0.3, 0.4) is 0 Å². The Labute approximate surface area is 143 Å². The molecule has 0 bridgehead atoms. The summed E-state index contributed by atoms with van der Waals surface area (Å²) in [7, 11) is 3.83. The number of carbonyl (C=O) groups is 1. The molecule has 1 saturated heterocycles.